The molecule has 0 saturated heterocycles. The van der Waals surface area contributed by atoms with Gasteiger partial charge in [-0.2, -0.15) is 0 Å². The van der Waals surface area contributed by atoms with Crippen LogP contribution in [0.15, 0.2) is 91.0 Å². The van der Waals surface area contributed by atoms with Crippen molar-refractivity contribution in [3.63, 3.8) is 0 Å². The number of halogens is 2. The van der Waals surface area contributed by atoms with Gasteiger partial charge in [-0.05, 0) is 23.8 Å². The quantitative estimate of drug-likeness (QED) is 0.182. The molecule has 0 spiro atoms. The van der Waals surface area contributed by atoms with Gasteiger partial charge in [-0.25, -0.2) is 0 Å². The van der Waals surface area contributed by atoms with Gasteiger partial charge < -0.3 is 48.0 Å². The average Bonchev–Trinajstić information content (AvgIpc) is 2.51. The topological polar surface area (TPSA) is 0 Å². The molecule has 0 aliphatic rings. The third-order valence-corrected chi connectivity index (χ3v) is 5.49. The predicted octanol–water partition coefficient (Wildman–Crippen LogP) is -2.55. The van der Waals surface area contributed by atoms with Gasteiger partial charge in [-0.3, -0.25) is 0 Å². The first-order valence-corrected chi connectivity index (χ1v) is 7.74. The van der Waals surface area contributed by atoms with Crippen LogP contribution in [-0.2, 0) is 17.1 Å². The van der Waals surface area contributed by atoms with E-state index in [1.165, 1.54) is 15.9 Å². The van der Waals surface area contributed by atoms with Gasteiger partial charge in [0.15, 0.2) is 0 Å². The molecule has 0 saturated carbocycles. The molecule has 22 heavy (non-hydrogen) atoms. The van der Waals surface area contributed by atoms with Crippen LogP contribution in [0.2, 0.25) is 0 Å². The van der Waals surface area contributed by atoms with Gasteiger partial charge >= 0.3 is 17.1 Å². The molecule has 0 unspecified atom stereocenters. The third-order valence-electron chi connectivity index (χ3n) is 3.04. The summed E-state index contributed by atoms with van der Waals surface area (Å²) in [5.74, 6) is 0. The molecular formula is C18H15CuI2P. The maximum absolute atomic E-state index is 2.23. The number of rotatable bonds is 3. The van der Waals surface area contributed by atoms with E-state index in [4.69, 9.17) is 0 Å². The molecular weight excluding hydrogens is 565 g/mol. The van der Waals surface area contributed by atoms with E-state index < -0.39 is 7.92 Å². The minimum absolute atomic E-state index is 0. The van der Waals surface area contributed by atoms with Crippen LogP contribution in [0.1, 0.15) is 0 Å². The second kappa shape index (κ2) is 11.6. The number of hydrogen-bond donors (Lipinski definition) is 0. The SMILES string of the molecule is [Cu+2].[I-].[I-].c1ccc(P(c2ccccc2)c2ccccc2)cc1. The summed E-state index contributed by atoms with van der Waals surface area (Å²) in [6.07, 6.45) is 0. The van der Waals surface area contributed by atoms with Crippen LogP contribution < -0.4 is 63.9 Å². The summed E-state index contributed by atoms with van der Waals surface area (Å²) in [6.45, 7) is 0. The standard InChI is InChI=1S/C18H15P.Cu.2HI/c1-4-10-16(11-5-1)19(17-12-6-2-7-13-17)18-14-8-3-9-15-18;;;/h1-15H;;2*1H/q;+2;;/p-2. The zero-order valence-electron chi connectivity index (χ0n) is 11.7. The van der Waals surface area contributed by atoms with Crippen molar-refractivity contribution in [2.45, 2.75) is 0 Å². The van der Waals surface area contributed by atoms with Crippen molar-refractivity contribution < 1.29 is 65.0 Å². The molecule has 0 heterocycles. The fourth-order valence-corrected chi connectivity index (χ4v) is 4.48. The second-order valence-corrected chi connectivity index (χ2v) is 6.56. The molecule has 0 atom stereocenters. The molecule has 0 aliphatic carbocycles. The van der Waals surface area contributed by atoms with Crippen molar-refractivity contribution in [1.29, 1.82) is 0 Å². The fourth-order valence-electron chi connectivity index (χ4n) is 2.18. The summed E-state index contributed by atoms with van der Waals surface area (Å²) in [4.78, 5) is 0. The molecule has 0 bridgehead atoms. The molecule has 117 valence electrons. The van der Waals surface area contributed by atoms with Crippen LogP contribution in [0, 0.1) is 0 Å². The second-order valence-electron chi connectivity index (χ2n) is 4.34. The Balaban J connectivity index is 0.00000147. The minimum atomic E-state index is -0.446. The van der Waals surface area contributed by atoms with Crippen LogP contribution >= 0.6 is 7.92 Å². The van der Waals surface area contributed by atoms with Gasteiger partial charge in [0.25, 0.3) is 0 Å². The van der Waals surface area contributed by atoms with Gasteiger partial charge in [-0.1, -0.05) is 91.0 Å². The van der Waals surface area contributed by atoms with Crippen molar-refractivity contribution in [3.05, 3.63) is 91.0 Å². The Hall–Kier alpha value is 0.0695. The Morgan fingerprint density at radius 2 is 0.636 bits per heavy atom. The third kappa shape index (κ3) is 5.61. The maximum atomic E-state index is 2.23. The van der Waals surface area contributed by atoms with E-state index in [0.29, 0.717) is 0 Å². The Kier molecular flexibility index (Phi) is 11.6. The van der Waals surface area contributed by atoms with Gasteiger partial charge in [0.1, 0.15) is 0 Å². The van der Waals surface area contributed by atoms with E-state index in [1.807, 2.05) is 0 Å². The normalized spacial score (nSPS) is 9.14. The van der Waals surface area contributed by atoms with E-state index in [-0.39, 0.29) is 65.0 Å². The molecule has 0 aromatic heterocycles. The molecule has 0 nitrogen and oxygen atoms in total. The van der Waals surface area contributed by atoms with Crippen LogP contribution in [-0.4, -0.2) is 0 Å². The van der Waals surface area contributed by atoms with Gasteiger partial charge in [0.05, 0.1) is 0 Å². The zero-order valence-corrected chi connectivity index (χ0v) is 17.8. The van der Waals surface area contributed by atoms with Crippen molar-refractivity contribution in [3.8, 4) is 0 Å². The summed E-state index contributed by atoms with van der Waals surface area (Å²) < 4.78 is 0. The monoisotopic (exact) mass is 579 g/mol. The molecule has 3 aromatic carbocycles. The number of hydrogen-bond acceptors (Lipinski definition) is 0. The van der Waals surface area contributed by atoms with Gasteiger partial charge in [0.2, 0.25) is 0 Å². The first-order valence-electron chi connectivity index (χ1n) is 6.40. The molecule has 3 aromatic rings. The van der Waals surface area contributed by atoms with E-state index in [0.717, 1.165) is 0 Å². The summed E-state index contributed by atoms with van der Waals surface area (Å²) in [7, 11) is -0.446. The molecule has 0 aliphatic heterocycles. The fraction of sp³-hybridized carbons (Fsp3) is 0. The van der Waals surface area contributed by atoms with E-state index >= 15 is 0 Å². The van der Waals surface area contributed by atoms with Gasteiger partial charge in [-0.15, -0.1) is 0 Å². The predicted molar refractivity (Wildman–Crippen MR) is 85.1 cm³/mol. The van der Waals surface area contributed by atoms with E-state index in [1.54, 1.807) is 0 Å². The first kappa shape index (κ1) is 22.1. The van der Waals surface area contributed by atoms with Gasteiger partial charge in [0, 0.05) is 0 Å². The smallest absolute Gasteiger partial charge is 1.00 e. The summed E-state index contributed by atoms with van der Waals surface area (Å²) >= 11 is 0. The first-order chi connectivity index (χ1) is 9.45. The number of benzene rings is 3. The molecule has 3 rings (SSSR count). The van der Waals surface area contributed by atoms with Crippen molar-refractivity contribution in [2.75, 3.05) is 0 Å². The largest absolute Gasteiger partial charge is 2.00 e. The Morgan fingerprint density at radius 1 is 0.409 bits per heavy atom. The summed E-state index contributed by atoms with van der Waals surface area (Å²) in [5, 5.41) is 4.19. The van der Waals surface area contributed by atoms with Crippen molar-refractivity contribution >= 4 is 23.8 Å². The Morgan fingerprint density at radius 3 is 0.864 bits per heavy atom. The molecule has 0 fully saturated rings. The Labute approximate surface area is 178 Å². The maximum Gasteiger partial charge on any atom is 2.00 e. The van der Waals surface area contributed by atoms with Crippen molar-refractivity contribution in [1.82, 2.24) is 0 Å². The molecule has 0 N–H and O–H groups in total. The van der Waals surface area contributed by atoms with Crippen LogP contribution in [0.4, 0.5) is 0 Å². The van der Waals surface area contributed by atoms with E-state index in [9.17, 15) is 0 Å². The van der Waals surface area contributed by atoms with Crippen molar-refractivity contribution in [2.24, 2.45) is 0 Å². The summed E-state index contributed by atoms with van der Waals surface area (Å²) in [6, 6.07) is 32.3. The van der Waals surface area contributed by atoms with Crippen LogP contribution in [0.5, 0.6) is 0 Å². The van der Waals surface area contributed by atoms with Crippen LogP contribution in [0.25, 0.3) is 0 Å². The molecule has 0 amide bonds. The average molecular weight is 580 g/mol. The van der Waals surface area contributed by atoms with E-state index in [2.05, 4.69) is 91.0 Å². The Bertz CT molecular complexity index is 539. The minimum Gasteiger partial charge on any atom is -1.00 e. The molecule has 1 radical (unpaired) electrons. The molecule has 4 heteroatoms. The zero-order chi connectivity index (χ0) is 12.9. The summed E-state index contributed by atoms with van der Waals surface area (Å²) in [5.41, 5.74) is 0. The van der Waals surface area contributed by atoms with Crippen LogP contribution in [0.3, 0.4) is 0 Å².